The van der Waals surface area contributed by atoms with Gasteiger partial charge in [-0.05, 0) is 36.4 Å². The minimum atomic E-state index is -4.28. The first-order chi connectivity index (χ1) is 15.2. The van der Waals surface area contributed by atoms with E-state index in [9.17, 15) is 18.0 Å². The van der Waals surface area contributed by atoms with E-state index in [-0.39, 0.29) is 12.3 Å². The number of hydrogen-bond donors (Lipinski definition) is 1. The topological polar surface area (TPSA) is 61.3 Å². The van der Waals surface area contributed by atoms with Crippen molar-refractivity contribution < 1.29 is 27.4 Å². The highest BCUT2D eigenvalue weighted by Gasteiger charge is 2.27. The molecule has 0 aliphatic rings. The van der Waals surface area contributed by atoms with Gasteiger partial charge >= 0.3 is 6.18 Å². The Bertz CT molecular complexity index is 1090. The Hall–Kier alpha value is -2.62. The summed E-state index contributed by atoms with van der Waals surface area (Å²) in [5.74, 6) is 0.290. The fourth-order valence-corrected chi connectivity index (χ4v) is 3.19. The molecule has 1 heterocycles. The van der Waals surface area contributed by atoms with Crippen LogP contribution in [-0.4, -0.2) is 35.0 Å². The molecule has 0 aliphatic carbocycles. The van der Waals surface area contributed by atoms with Gasteiger partial charge in [0.25, 0.3) is 0 Å². The van der Waals surface area contributed by atoms with Crippen LogP contribution >= 0.6 is 24.2 Å². The average molecular weight is 483 g/mol. The zero-order valence-electron chi connectivity index (χ0n) is 16.8. The molecule has 0 amide bonds. The first-order valence-electron chi connectivity index (χ1n) is 9.37. The number of halogens is 4. The standard InChI is InChI=1S/C22H18ClF3N2O3S/c1-30-12-17-20(21(29)32)28-19(13-2-6-15(23)7-3-13)18(27-17)14-4-8-16(9-5-14)31-11-10-22(24,25)26/h2-9H,10-12H2,1H3,(H,29,32). The summed E-state index contributed by atoms with van der Waals surface area (Å²) in [4.78, 5) is 21.1. The summed E-state index contributed by atoms with van der Waals surface area (Å²) in [6.45, 7) is -0.434. The fourth-order valence-electron chi connectivity index (χ4n) is 2.88. The second-order valence-electron chi connectivity index (χ2n) is 6.70. The molecule has 3 rings (SSSR count). The van der Waals surface area contributed by atoms with Gasteiger partial charge in [-0.25, -0.2) is 9.97 Å². The van der Waals surface area contributed by atoms with Crippen molar-refractivity contribution in [2.75, 3.05) is 13.7 Å². The molecule has 2 aromatic carbocycles. The van der Waals surface area contributed by atoms with Crippen molar-refractivity contribution >= 4 is 29.3 Å². The molecule has 3 aromatic rings. The molecule has 10 heteroatoms. The lowest BCUT2D eigenvalue weighted by atomic mass is 10.0. The van der Waals surface area contributed by atoms with E-state index in [4.69, 9.17) is 21.1 Å². The summed E-state index contributed by atoms with van der Waals surface area (Å²) in [5, 5.41) is -0.0233. The molecule has 0 bridgehead atoms. The number of carbonyl (C=O) groups excluding carboxylic acids is 1. The van der Waals surface area contributed by atoms with Crippen LogP contribution in [0, 0.1) is 0 Å². The van der Waals surface area contributed by atoms with Crippen molar-refractivity contribution in [1.82, 2.24) is 9.97 Å². The molecule has 168 valence electrons. The quantitative estimate of drug-likeness (QED) is 0.398. The number of aromatic nitrogens is 2. The number of nitrogens with zero attached hydrogens (tertiary/aromatic N) is 2. The summed E-state index contributed by atoms with van der Waals surface area (Å²) in [6, 6.07) is 13.3. The Labute approximate surface area is 193 Å². The van der Waals surface area contributed by atoms with Gasteiger partial charge < -0.3 is 9.47 Å². The van der Waals surface area contributed by atoms with Gasteiger partial charge in [0.15, 0.2) is 0 Å². The van der Waals surface area contributed by atoms with Crippen LogP contribution in [0.25, 0.3) is 22.5 Å². The van der Waals surface area contributed by atoms with Gasteiger partial charge in [-0.2, -0.15) is 13.2 Å². The Kier molecular flexibility index (Phi) is 7.76. The highest BCUT2D eigenvalue weighted by Crippen LogP contribution is 2.32. The second-order valence-corrected chi connectivity index (χ2v) is 7.54. The number of hydrogen-bond acceptors (Lipinski definition) is 5. The van der Waals surface area contributed by atoms with E-state index in [2.05, 4.69) is 22.6 Å². The molecule has 0 saturated heterocycles. The lowest BCUT2D eigenvalue weighted by Crippen LogP contribution is -2.13. The predicted molar refractivity (Wildman–Crippen MR) is 118 cm³/mol. The molecule has 32 heavy (non-hydrogen) atoms. The van der Waals surface area contributed by atoms with Crippen molar-refractivity contribution in [3.63, 3.8) is 0 Å². The molecule has 0 spiro atoms. The normalized spacial score (nSPS) is 11.4. The first kappa shape index (κ1) is 24.0. The molecule has 0 fully saturated rings. The minimum absolute atomic E-state index is 0.0428. The number of thiol groups is 1. The van der Waals surface area contributed by atoms with Gasteiger partial charge in [0, 0.05) is 23.3 Å². The molecule has 0 aliphatic heterocycles. The second kappa shape index (κ2) is 10.3. The van der Waals surface area contributed by atoms with E-state index in [1.807, 2.05) is 0 Å². The average Bonchev–Trinajstić information content (AvgIpc) is 2.74. The summed E-state index contributed by atoms with van der Waals surface area (Å²) < 4.78 is 47.3. The maximum Gasteiger partial charge on any atom is 0.392 e. The highest BCUT2D eigenvalue weighted by molar-refractivity contribution is 7.97. The van der Waals surface area contributed by atoms with Crippen molar-refractivity contribution in [3.05, 3.63) is 64.9 Å². The largest absolute Gasteiger partial charge is 0.493 e. The van der Waals surface area contributed by atoms with Gasteiger partial charge in [-0.3, -0.25) is 4.79 Å². The third-order valence-electron chi connectivity index (χ3n) is 4.35. The number of rotatable bonds is 8. The first-order valence-corrected chi connectivity index (χ1v) is 10.2. The van der Waals surface area contributed by atoms with Gasteiger partial charge in [-0.1, -0.05) is 36.4 Å². The predicted octanol–water partition coefficient (Wildman–Crippen LogP) is 6.01. The summed E-state index contributed by atoms with van der Waals surface area (Å²) >= 11 is 9.89. The van der Waals surface area contributed by atoms with Crippen LogP contribution in [0.15, 0.2) is 48.5 Å². The Morgan fingerprint density at radius 3 is 2.09 bits per heavy atom. The number of carbonyl (C=O) groups is 1. The summed E-state index contributed by atoms with van der Waals surface area (Å²) in [7, 11) is 1.47. The van der Waals surface area contributed by atoms with Crippen LogP contribution in [-0.2, 0) is 11.3 Å². The zero-order valence-corrected chi connectivity index (χ0v) is 18.5. The van der Waals surface area contributed by atoms with Gasteiger partial charge in [0.05, 0.1) is 36.7 Å². The van der Waals surface area contributed by atoms with Gasteiger partial charge in [-0.15, -0.1) is 0 Å². The molecule has 0 saturated carbocycles. The summed E-state index contributed by atoms with van der Waals surface area (Å²) in [5.41, 5.74) is 2.55. The van der Waals surface area contributed by atoms with E-state index in [0.717, 1.165) is 0 Å². The van der Waals surface area contributed by atoms with E-state index in [1.165, 1.54) is 7.11 Å². The highest BCUT2D eigenvalue weighted by atomic mass is 35.5. The van der Waals surface area contributed by atoms with E-state index in [1.54, 1.807) is 48.5 Å². The smallest absolute Gasteiger partial charge is 0.392 e. The van der Waals surface area contributed by atoms with Crippen LogP contribution in [0.4, 0.5) is 13.2 Å². The van der Waals surface area contributed by atoms with Crippen LogP contribution in [0.2, 0.25) is 5.02 Å². The number of ether oxygens (including phenoxy) is 2. The van der Waals surface area contributed by atoms with Crippen molar-refractivity contribution in [2.45, 2.75) is 19.2 Å². The van der Waals surface area contributed by atoms with Gasteiger partial charge in [0.2, 0.25) is 5.12 Å². The van der Waals surface area contributed by atoms with Crippen LogP contribution in [0.5, 0.6) is 5.75 Å². The Balaban J connectivity index is 2.02. The fraction of sp³-hybridized carbons (Fsp3) is 0.227. The number of alkyl halides is 3. The van der Waals surface area contributed by atoms with Crippen LogP contribution in [0.3, 0.4) is 0 Å². The molecule has 0 atom stereocenters. The third-order valence-corrected chi connectivity index (χ3v) is 4.82. The molecular weight excluding hydrogens is 465 g/mol. The minimum Gasteiger partial charge on any atom is -0.493 e. The molecule has 5 nitrogen and oxygen atoms in total. The SMILES string of the molecule is COCc1nc(-c2ccc(OCCC(F)(F)F)cc2)c(-c2ccc(Cl)cc2)nc1C(=O)S. The molecule has 0 radical (unpaired) electrons. The maximum atomic E-state index is 12.3. The molecule has 1 aromatic heterocycles. The van der Waals surface area contributed by atoms with E-state index in [0.29, 0.717) is 39.0 Å². The van der Waals surface area contributed by atoms with Crippen molar-refractivity contribution in [2.24, 2.45) is 0 Å². The summed E-state index contributed by atoms with van der Waals surface area (Å²) in [6.07, 6.45) is -5.33. The van der Waals surface area contributed by atoms with E-state index >= 15 is 0 Å². The van der Waals surface area contributed by atoms with Crippen molar-refractivity contribution in [1.29, 1.82) is 0 Å². The lowest BCUT2D eigenvalue weighted by Gasteiger charge is -2.14. The Morgan fingerprint density at radius 1 is 1.00 bits per heavy atom. The Morgan fingerprint density at radius 2 is 1.56 bits per heavy atom. The zero-order chi connectivity index (χ0) is 23.3. The lowest BCUT2D eigenvalue weighted by molar-refractivity contribution is -0.139. The molecule has 0 N–H and O–H groups in total. The maximum absolute atomic E-state index is 12.3. The van der Waals surface area contributed by atoms with Crippen molar-refractivity contribution in [3.8, 4) is 28.3 Å². The van der Waals surface area contributed by atoms with Gasteiger partial charge in [0.1, 0.15) is 11.4 Å². The third kappa shape index (κ3) is 6.21. The molecular formula is C22H18ClF3N2O3S. The molecule has 0 unspecified atom stereocenters. The van der Waals surface area contributed by atoms with Crippen LogP contribution in [0.1, 0.15) is 22.6 Å². The van der Waals surface area contributed by atoms with Crippen LogP contribution < -0.4 is 4.74 Å². The van der Waals surface area contributed by atoms with E-state index < -0.39 is 24.3 Å². The number of methoxy groups -OCH3 is 1. The monoisotopic (exact) mass is 482 g/mol. The number of benzene rings is 2.